The van der Waals surface area contributed by atoms with Crippen molar-refractivity contribution in [1.29, 1.82) is 0 Å². The van der Waals surface area contributed by atoms with Gasteiger partial charge in [-0.05, 0) is 25.3 Å². The van der Waals surface area contributed by atoms with Crippen LogP contribution in [-0.4, -0.2) is 43.2 Å². The second kappa shape index (κ2) is 6.54. The van der Waals surface area contributed by atoms with Crippen molar-refractivity contribution in [3.63, 3.8) is 0 Å². The van der Waals surface area contributed by atoms with Gasteiger partial charge in [0.15, 0.2) is 0 Å². The van der Waals surface area contributed by atoms with Crippen LogP contribution in [0.15, 0.2) is 24.3 Å². The number of carbonyl (C=O) groups excluding carboxylic acids is 1. The first-order valence-corrected chi connectivity index (χ1v) is 7.61. The van der Waals surface area contributed by atoms with Gasteiger partial charge in [-0.2, -0.15) is 0 Å². The van der Waals surface area contributed by atoms with Crippen molar-refractivity contribution in [3.8, 4) is 0 Å². The van der Waals surface area contributed by atoms with Crippen LogP contribution >= 0.6 is 0 Å². The Morgan fingerprint density at radius 3 is 2.90 bits per heavy atom. The van der Waals surface area contributed by atoms with Crippen molar-refractivity contribution in [3.05, 3.63) is 35.6 Å². The maximum absolute atomic E-state index is 13.8. The third kappa shape index (κ3) is 3.41. The van der Waals surface area contributed by atoms with Gasteiger partial charge in [0.25, 0.3) is 0 Å². The van der Waals surface area contributed by atoms with Gasteiger partial charge < -0.3 is 10.1 Å². The lowest BCUT2D eigenvalue weighted by Crippen LogP contribution is -2.47. The van der Waals surface area contributed by atoms with E-state index >= 15 is 0 Å². The predicted molar refractivity (Wildman–Crippen MR) is 77.3 cm³/mol. The highest BCUT2D eigenvalue weighted by atomic mass is 19.1. The first-order valence-electron chi connectivity index (χ1n) is 7.61. The third-order valence-corrected chi connectivity index (χ3v) is 4.29. The molecule has 2 saturated heterocycles. The van der Waals surface area contributed by atoms with Gasteiger partial charge in [0.05, 0.1) is 12.6 Å². The average Bonchev–Trinajstić information content (AvgIpc) is 2.97. The van der Waals surface area contributed by atoms with Gasteiger partial charge in [0, 0.05) is 31.3 Å². The van der Waals surface area contributed by atoms with Crippen molar-refractivity contribution < 1.29 is 13.9 Å². The number of nitrogens with one attached hydrogen (secondary N) is 1. The maximum Gasteiger partial charge on any atom is 0.234 e. The van der Waals surface area contributed by atoms with Crippen molar-refractivity contribution in [2.45, 2.75) is 31.4 Å². The zero-order valence-corrected chi connectivity index (χ0v) is 12.1. The summed E-state index contributed by atoms with van der Waals surface area (Å²) < 4.78 is 19.3. The normalized spacial score (nSPS) is 25.6. The summed E-state index contributed by atoms with van der Waals surface area (Å²) in [4.78, 5) is 14.0. The number of likely N-dealkylation sites (tertiary alicyclic amines) is 1. The summed E-state index contributed by atoms with van der Waals surface area (Å²) in [7, 11) is 0. The van der Waals surface area contributed by atoms with Gasteiger partial charge in [0.1, 0.15) is 5.82 Å². The zero-order chi connectivity index (χ0) is 14.7. The van der Waals surface area contributed by atoms with Gasteiger partial charge in [-0.25, -0.2) is 4.39 Å². The second-order valence-electron chi connectivity index (χ2n) is 5.74. The first-order chi connectivity index (χ1) is 10.2. The zero-order valence-electron chi connectivity index (χ0n) is 12.1. The summed E-state index contributed by atoms with van der Waals surface area (Å²) >= 11 is 0. The standard InChI is InChI=1S/C16H21FN2O2/c17-14-6-2-1-5-13(14)15-7-8-19(15)11-16(20)18-10-12-4-3-9-21-12/h1-2,5-6,12,15H,3-4,7-11H2,(H,18,20)/t12-,15-/m1/s1. The average molecular weight is 292 g/mol. The lowest BCUT2D eigenvalue weighted by Gasteiger charge is -2.40. The summed E-state index contributed by atoms with van der Waals surface area (Å²) in [6, 6.07) is 6.84. The molecule has 1 aromatic carbocycles. The highest BCUT2D eigenvalue weighted by Gasteiger charge is 2.32. The fourth-order valence-corrected chi connectivity index (χ4v) is 3.00. The number of amides is 1. The molecule has 0 bridgehead atoms. The summed E-state index contributed by atoms with van der Waals surface area (Å²) in [5, 5.41) is 2.91. The molecule has 21 heavy (non-hydrogen) atoms. The molecular formula is C16H21FN2O2. The predicted octanol–water partition coefficient (Wildman–Crippen LogP) is 1.87. The van der Waals surface area contributed by atoms with Crippen molar-refractivity contribution in [2.24, 2.45) is 0 Å². The fourth-order valence-electron chi connectivity index (χ4n) is 3.00. The molecule has 5 heteroatoms. The van der Waals surface area contributed by atoms with Crippen molar-refractivity contribution in [2.75, 3.05) is 26.2 Å². The van der Waals surface area contributed by atoms with E-state index in [9.17, 15) is 9.18 Å². The highest BCUT2D eigenvalue weighted by Crippen LogP contribution is 2.33. The molecular weight excluding hydrogens is 271 g/mol. The molecule has 0 unspecified atom stereocenters. The van der Waals surface area contributed by atoms with Crippen molar-refractivity contribution in [1.82, 2.24) is 10.2 Å². The van der Waals surface area contributed by atoms with E-state index in [2.05, 4.69) is 5.32 Å². The third-order valence-electron chi connectivity index (χ3n) is 4.29. The number of nitrogens with zero attached hydrogens (tertiary/aromatic N) is 1. The molecule has 2 heterocycles. The van der Waals surface area contributed by atoms with E-state index in [1.54, 1.807) is 12.1 Å². The molecule has 1 aromatic rings. The van der Waals surface area contributed by atoms with Crippen LogP contribution in [0.4, 0.5) is 4.39 Å². The van der Waals surface area contributed by atoms with E-state index in [0.717, 1.165) is 32.4 Å². The Balaban J connectivity index is 1.48. The summed E-state index contributed by atoms with van der Waals surface area (Å²) in [6.07, 6.45) is 3.15. The number of halogens is 1. The highest BCUT2D eigenvalue weighted by molar-refractivity contribution is 5.78. The number of benzene rings is 1. The molecule has 2 atom stereocenters. The molecule has 2 aliphatic heterocycles. The molecule has 1 N–H and O–H groups in total. The van der Waals surface area contributed by atoms with Crippen LogP contribution < -0.4 is 5.32 Å². The molecule has 4 nitrogen and oxygen atoms in total. The Bertz CT molecular complexity index is 503. The monoisotopic (exact) mass is 292 g/mol. The van der Waals surface area contributed by atoms with E-state index in [1.165, 1.54) is 6.07 Å². The number of hydrogen-bond acceptors (Lipinski definition) is 3. The van der Waals surface area contributed by atoms with Crippen LogP contribution in [0.25, 0.3) is 0 Å². The van der Waals surface area contributed by atoms with Crippen LogP contribution in [0.5, 0.6) is 0 Å². The van der Waals surface area contributed by atoms with Gasteiger partial charge >= 0.3 is 0 Å². The largest absolute Gasteiger partial charge is 0.376 e. The molecule has 114 valence electrons. The van der Waals surface area contributed by atoms with E-state index in [4.69, 9.17) is 4.74 Å². The quantitative estimate of drug-likeness (QED) is 0.901. The van der Waals surface area contributed by atoms with Gasteiger partial charge in [-0.3, -0.25) is 9.69 Å². The van der Waals surface area contributed by atoms with Crippen molar-refractivity contribution >= 4 is 5.91 Å². The number of rotatable bonds is 5. The molecule has 0 aliphatic carbocycles. The first kappa shape index (κ1) is 14.5. The molecule has 0 spiro atoms. The van der Waals surface area contributed by atoms with E-state index in [0.29, 0.717) is 18.7 Å². The van der Waals surface area contributed by atoms with E-state index in [-0.39, 0.29) is 23.9 Å². The molecule has 0 radical (unpaired) electrons. The number of carbonyl (C=O) groups is 1. The Hall–Kier alpha value is -1.46. The fraction of sp³-hybridized carbons (Fsp3) is 0.562. The summed E-state index contributed by atoms with van der Waals surface area (Å²) in [5.41, 5.74) is 0.690. The Kier molecular flexibility index (Phi) is 4.51. The molecule has 2 fully saturated rings. The lowest BCUT2D eigenvalue weighted by atomic mass is 9.94. The maximum atomic E-state index is 13.8. The minimum absolute atomic E-state index is 0.00783. The number of hydrogen-bond donors (Lipinski definition) is 1. The van der Waals surface area contributed by atoms with E-state index < -0.39 is 0 Å². The Labute approximate surface area is 124 Å². The molecule has 1 amide bonds. The number of ether oxygens (including phenoxy) is 1. The smallest absolute Gasteiger partial charge is 0.234 e. The second-order valence-corrected chi connectivity index (χ2v) is 5.74. The topological polar surface area (TPSA) is 41.6 Å². The van der Waals surface area contributed by atoms with E-state index in [1.807, 2.05) is 11.0 Å². The molecule has 3 rings (SSSR count). The van der Waals surface area contributed by atoms with Gasteiger partial charge in [0.2, 0.25) is 5.91 Å². The molecule has 0 aromatic heterocycles. The van der Waals surface area contributed by atoms with Crippen LogP contribution in [0, 0.1) is 5.82 Å². The summed E-state index contributed by atoms with van der Waals surface area (Å²) in [6.45, 7) is 2.54. The van der Waals surface area contributed by atoms with Gasteiger partial charge in [-0.1, -0.05) is 18.2 Å². The van der Waals surface area contributed by atoms with Gasteiger partial charge in [-0.15, -0.1) is 0 Å². The van der Waals surface area contributed by atoms with Crippen LogP contribution in [0.2, 0.25) is 0 Å². The lowest BCUT2D eigenvalue weighted by molar-refractivity contribution is -0.124. The minimum Gasteiger partial charge on any atom is -0.376 e. The minimum atomic E-state index is -0.188. The Morgan fingerprint density at radius 2 is 2.24 bits per heavy atom. The van der Waals surface area contributed by atoms with Crippen LogP contribution in [0.3, 0.4) is 0 Å². The molecule has 2 aliphatic rings. The van der Waals surface area contributed by atoms with Crippen LogP contribution in [0.1, 0.15) is 30.9 Å². The summed E-state index contributed by atoms with van der Waals surface area (Å²) in [5.74, 6) is -0.196. The Morgan fingerprint density at radius 1 is 1.38 bits per heavy atom. The molecule has 0 saturated carbocycles. The SMILES string of the molecule is O=C(CN1CC[C@@H]1c1ccccc1F)NC[C@H]1CCCO1. The van der Waals surface area contributed by atoms with Crippen LogP contribution in [-0.2, 0) is 9.53 Å².